The van der Waals surface area contributed by atoms with Gasteiger partial charge in [0.1, 0.15) is 12.0 Å². The first-order valence-electron chi connectivity index (χ1n) is 8.44. The topological polar surface area (TPSA) is 64.8 Å². The molecule has 0 radical (unpaired) electrons. The molecule has 0 bridgehead atoms. The van der Waals surface area contributed by atoms with Crippen molar-refractivity contribution in [2.75, 3.05) is 20.2 Å². The number of nitrogens with zero attached hydrogens (tertiary/aromatic N) is 2. The lowest BCUT2D eigenvalue weighted by molar-refractivity contribution is -0.137. The third-order valence-corrected chi connectivity index (χ3v) is 4.14. The normalized spacial score (nSPS) is 17.1. The van der Waals surface area contributed by atoms with Crippen molar-refractivity contribution in [2.45, 2.75) is 31.7 Å². The van der Waals surface area contributed by atoms with E-state index < -0.39 is 11.7 Å². The maximum absolute atomic E-state index is 12.7. The molecule has 27 heavy (non-hydrogen) atoms. The molecular weight excluding hydrogens is 365 g/mol. The third kappa shape index (κ3) is 5.00. The number of likely N-dealkylation sites (N-methyl/N-ethyl adjacent to an activating group) is 1. The predicted octanol–water partition coefficient (Wildman–Crippen LogP) is 3.52. The summed E-state index contributed by atoms with van der Waals surface area (Å²) in [7, 11) is 1.65. The van der Waals surface area contributed by atoms with E-state index in [9.17, 15) is 18.0 Å². The van der Waals surface area contributed by atoms with Crippen LogP contribution in [0.2, 0.25) is 0 Å². The first kappa shape index (κ1) is 19.2. The van der Waals surface area contributed by atoms with Crippen molar-refractivity contribution in [2.24, 2.45) is 0 Å². The van der Waals surface area contributed by atoms with E-state index >= 15 is 0 Å². The summed E-state index contributed by atoms with van der Waals surface area (Å²) in [6, 6.07) is 4.51. The van der Waals surface area contributed by atoms with Gasteiger partial charge in [-0.3, -0.25) is 4.79 Å². The molecule has 2 heterocycles. The van der Waals surface area contributed by atoms with Crippen molar-refractivity contribution < 1.29 is 31.9 Å². The van der Waals surface area contributed by atoms with Crippen LogP contribution in [0.15, 0.2) is 34.9 Å². The van der Waals surface area contributed by atoms with E-state index in [1.807, 2.05) is 0 Å². The zero-order valence-electron chi connectivity index (χ0n) is 14.7. The van der Waals surface area contributed by atoms with Crippen molar-refractivity contribution in [1.82, 2.24) is 9.88 Å². The molecule has 3 rings (SSSR count). The Morgan fingerprint density at radius 2 is 2.22 bits per heavy atom. The van der Waals surface area contributed by atoms with E-state index in [0.717, 1.165) is 25.0 Å². The average Bonchev–Trinajstić information content (AvgIpc) is 3.30. The molecule has 1 atom stereocenters. The highest BCUT2D eigenvalue weighted by Gasteiger charge is 2.30. The van der Waals surface area contributed by atoms with Gasteiger partial charge in [0.25, 0.3) is 5.91 Å². The van der Waals surface area contributed by atoms with E-state index in [-0.39, 0.29) is 36.0 Å². The van der Waals surface area contributed by atoms with Crippen LogP contribution in [0.1, 0.15) is 34.8 Å². The first-order valence-corrected chi connectivity index (χ1v) is 8.44. The van der Waals surface area contributed by atoms with Crippen LogP contribution in [0.25, 0.3) is 0 Å². The third-order valence-electron chi connectivity index (χ3n) is 4.14. The minimum atomic E-state index is -4.45. The molecule has 0 aliphatic carbocycles. The predicted molar refractivity (Wildman–Crippen MR) is 88.2 cm³/mol. The summed E-state index contributed by atoms with van der Waals surface area (Å²) in [6.45, 7) is 0.972. The summed E-state index contributed by atoms with van der Waals surface area (Å²) >= 11 is 0. The minimum Gasteiger partial charge on any atom is -0.484 e. The minimum absolute atomic E-state index is 0.0227. The number of oxazole rings is 1. The molecule has 146 valence electrons. The van der Waals surface area contributed by atoms with Gasteiger partial charge in [0, 0.05) is 20.2 Å². The molecule has 0 saturated carbocycles. The zero-order valence-corrected chi connectivity index (χ0v) is 14.7. The van der Waals surface area contributed by atoms with Gasteiger partial charge in [0.15, 0.2) is 12.3 Å². The molecule has 1 aliphatic rings. The molecule has 6 nitrogen and oxygen atoms in total. The van der Waals surface area contributed by atoms with Gasteiger partial charge in [-0.2, -0.15) is 13.2 Å². The maximum Gasteiger partial charge on any atom is 0.416 e. The van der Waals surface area contributed by atoms with Crippen LogP contribution >= 0.6 is 0 Å². The molecule has 1 aromatic carbocycles. The van der Waals surface area contributed by atoms with Crippen LogP contribution in [0.4, 0.5) is 13.2 Å². The quantitative estimate of drug-likeness (QED) is 0.763. The first-order chi connectivity index (χ1) is 12.8. The molecular formula is C18H19F3N2O4. The molecule has 0 N–H and O–H groups in total. The SMILES string of the molecule is CN(C[C@@H]1CCCO1)C(=O)c1coc(COc2cccc(C(F)(F)F)c2)n1. The summed E-state index contributed by atoms with van der Waals surface area (Å²) < 4.78 is 54.1. The Hall–Kier alpha value is -2.55. The van der Waals surface area contributed by atoms with Crippen LogP contribution in [-0.4, -0.2) is 42.1 Å². The lowest BCUT2D eigenvalue weighted by Gasteiger charge is -2.19. The van der Waals surface area contributed by atoms with Gasteiger partial charge in [0.2, 0.25) is 5.89 Å². The van der Waals surface area contributed by atoms with Gasteiger partial charge < -0.3 is 18.8 Å². The Kier molecular flexibility index (Phi) is 5.69. The highest BCUT2D eigenvalue weighted by molar-refractivity contribution is 5.91. The summed E-state index contributed by atoms with van der Waals surface area (Å²) in [5.74, 6) is -0.188. The van der Waals surface area contributed by atoms with Gasteiger partial charge >= 0.3 is 6.18 Å². The van der Waals surface area contributed by atoms with Crippen LogP contribution < -0.4 is 4.74 Å². The number of benzene rings is 1. The van der Waals surface area contributed by atoms with E-state index in [4.69, 9.17) is 13.9 Å². The molecule has 0 spiro atoms. The number of amides is 1. The van der Waals surface area contributed by atoms with Crippen molar-refractivity contribution >= 4 is 5.91 Å². The van der Waals surface area contributed by atoms with Crippen molar-refractivity contribution in [3.05, 3.63) is 47.7 Å². The highest BCUT2D eigenvalue weighted by Crippen LogP contribution is 2.31. The second-order valence-corrected chi connectivity index (χ2v) is 6.26. The number of hydrogen-bond acceptors (Lipinski definition) is 5. The summed E-state index contributed by atoms with van der Waals surface area (Å²) in [4.78, 5) is 17.9. The van der Waals surface area contributed by atoms with Crippen LogP contribution in [0, 0.1) is 0 Å². The molecule has 1 amide bonds. The Labute approximate surface area is 153 Å². The van der Waals surface area contributed by atoms with E-state index in [0.29, 0.717) is 13.2 Å². The summed E-state index contributed by atoms with van der Waals surface area (Å²) in [5, 5.41) is 0. The summed E-state index contributed by atoms with van der Waals surface area (Å²) in [5.41, 5.74) is -0.697. The number of carbonyl (C=O) groups is 1. The highest BCUT2D eigenvalue weighted by atomic mass is 19.4. The standard InChI is InChI=1S/C18H19F3N2O4/c1-23(9-14-6-3-7-25-14)17(24)15-10-27-16(22-15)11-26-13-5-2-4-12(8-13)18(19,20)21/h2,4-5,8,10,14H,3,6-7,9,11H2,1H3/t14-/m0/s1. The smallest absolute Gasteiger partial charge is 0.416 e. The molecule has 1 saturated heterocycles. The Balaban J connectivity index is 1.57. The molecule has 9 heteroatoms. The van der Waals surface area contributed by atoms with Gasteiger partial charge in [-0.1, -0.05) is 6.07 Å². The number of aromatic nitrogens is 1. The fourth-order valence-electron chi connectivity index (χ4n) is 2.75. The number of hydrogen-bond donors (Lipinski definition) is 0. The monoisotopic (exact) mass is 384 g/mol. The second-order valence-electron chi connectivity index (χ2n) is 6.26. The molecule has 1 fully saturated rings. The number of carbonyl (C=O) groups excluding carboxylic acids is 1. The summed E-state index contributed by atoms with van der Waals surface area (Å²) in [6.07, 6.45) is -1.33. The average molecular weight is 384 g/mol. The maximum atomic E-state index is 12.7. The van der Waals surface area contributed by atoms with Crippen LogP contribution in [-0.2, 0) is 17.5 Å². The van der Waals surface area contributed by atoms with Crippen molar-refractivity contribution in [1.29, 1.82) is 0 Å². The van der Waals surface area contributed by atoms with Crippen molar-refractivity contribution in [3.63, 3.8) is 0 Å². The molecule has 1 aromatic heterocycles. The zero-order chi connectivity index (χ0) is 19.4. The fourth-order valence-corrected chi connectivity index (χ4v) is 2.75. The van der Waals surface area contributed by atoms with E-state index in [1.54, 1.807) is 7.05 Å². The number of ether oxygens (including phenoxy) is 2. The lowest BCUT2D eigenvalue weighted by atomic mass is 10.2. The van der Waals surface area contributed by atoms with Gasteiger partial charge in [-0.05, 0) is 31.0 Å². The van der Waals surface area contributed by atoms with E-state index in [1.165, 1.54) is 23.3 Å². The largest absolute Gasteiger partial charge is 0.484 e. The van der Waals surface area contributed by atoms with Crippen LogP contribution in [0.3, 0.4) is 0 Å². The molecule has 2 aromatic rings. The lowest BCUT2D eigenvalue weighted by Crippen LogP contribution is -2.34. The Morgan fingerprint density at radius 1 is 1.41 bits per heavy atom. The Morgan fingerprint density at radius 3 is 2.93 bits per heavy atom. The van der Waals surface area contributed by atoms with Crippen LogP contribution in [0.5, 0.6) is 5.75 Å². The number of halogens is 3. The fraction of sp³-hybridized carbons (Fsp3) is 0.444. The van der Waals surface area contributed by atoms with Gasteiger partial charge in [-0.25, -0.2) is 4.98 Å². The van der Waals surface area contributed by atoms with E-state index in [2.05, 4.69) is 4.98 Å². The number of rotatable bonds is 6. The second kappa shape index (κ2) is 7.99. The number of alkyl halides is 3. The molecule has 1 aliphatic heterocycles. The van der Waals surface area contributed by atoms with Gasteiger partial charge in [0.05, 0.1) is 11.7 Å². The molecule has 0 unspecified atom stereocenters. The Bertz CT molecular complexity index is 785. The van der Waals surface area contributed by atoms with Crippen molar-refractivity contribution in [3.8, 4) is 5.75 Å². The van der Waals surface area contributed by atoms with Gasteiger partial charge in [-0.15, -0.1) is 0 Å².